The van der Waals surface area contributed by atoms with Crippen molar-refractivity contribution < 1.29 is 19.0 Å². The Labute approximate surface area is 173 Å². The molecule has 4 N–H and O–H groups in total. The van der Waals surface area contributed by atoms with Gasteiger partial charge in [-0.2, -0.15) is 5.26 Å². The Morgan fingerprint density at radius 1 is 1.45 bits per heavy atom. The number of nitriles is 1. The minimum atomic E-state index is -0.681. The Balaban J connectivity index is 2.20. The van der Waals surface area contributed by atoms with Gasteiger partial charge in [-0.1, -0.05) is 23.9 Å². The first-order valence-corrected chi connectivity index (χ1v) is 10.1. The van der Waals surface area contributed by atoms with Crippen LogP contribution in [-0.4, -0.2) is 36.7 Å². The van der Waals surface area contributed by atoms with E-state index in [0.29, 0.717) is 52.8 Å². The molecule has 2 aliphatic rings. The lowest BCUT2D eigenvalue weighted by Crippen LogP contribution is -2.31. The van der Waals surface area contributed by atoms with Gasteiger partial charge in [0.15, 0.2) is 16.7 Å². The molecule has 0 saturated carbocycles. The Kier molecular flexibility index (Phi) is 6.34. The molecule has 0 saturated heterocycles. The highest BCUT2D eigenvalue weighted by Gasteiger charge is 2.38. The number of para-hydroxylation sites is 1. The van der Waals surface area contributed by atoms with E-state index in [4.69, 9.17) is 25.4 Å². The lowest BCUT2D eigenvalue weighted by molar-refractivity contribution is -0.138. The fourth-order valence-corrected chi connectivity index (χ4v) is 3.92. The normalized spacial score (nSPS) is 18.0. The molecule has 29 heavy (non-hydrogen) atoms. The number of nitrogens with one attached hydrogen (secondary N) is 2. The number of fused-ring (bicyclic) bond motifs is 1. The number of dihydropyridines is 1. The van der Waals surface area contributed by atoms with Crippen molar-refractivity contribution in [1.29, 1.82) is 10.7 Å². The third kappa shape index (κ3) is 4.17. The summed E-state index contributed by atoms with van der Waals surface area (Å²) < 4.78 is 16.8. The molecule has 0 radical (unpaired) electrons. The number of thioether (sulfide) groups is 1. The van der Waals surface area contributed by atoms with Gasteiger partial charge >= 0.3 is 5.97 Å². The minimum Gasteiger partial charge on any atom is -0.486 e. The number of ether oxygens (including phenoxy) is 3. The Morgan fingerprint density at radius 2 is 2.21 bits per heavy atom. The highest BCUT2D eigenvalue weighted by atomic mass is 32.2. The smallest absolute Gasteiger partial charge is 0.336 e. The molecular weight excluding hydrogens is 392 g/mol. The van der Waals surface area contributed by atoms with Crippen LogP contribution in [0.2, 0.25) is 0 Å². The van der Waals surface area contributed by atoms with Crippen LogP contribution < -0.4 is 20.5 Å². The van der Waals surface area contributed by atoms with Gasteiger partial charge in [-0.05, 0) is 19.9 Å². The third-order valence-electron chi connectivity index (χ3n) is 4.54. The lowest BCUT2D eigenvalue weighted by atomic mass is 9.80. The minimum absolute atomic E-state index is 0.0689. The van der Waals surface area contributed by atoms with Crippen molar-refractivity contribution in [2.24, 2.45) is 5.73 Å². The molecule has 0 bridgehead atoms. The van der Waals surface area contributed by atoms with Gasteiger partial charge in [0.25, 0.3) is 0 Å². The lowest BCUT2D eigenvalue weighted by Gasteiger charge is -2.31. The molecule has 2 aliphatic heterocycles. The van der Waals surface area contributed by atoms with Gasteiger partial charge in [0.05, 0.1) is 29.7 Å². The number of nitrogens with zero attached hydrogens (tertiary/aromatic N) is 1. The Bertz CT molecular complexity index is 948. The predicted octanol–water partition coefficient (Wildman–Crippen LogP) is 2.39. The van der Waals surface area contributed by atoms with Crippen molar-refractivity contribution in [2.45, 2.75) is 19.8 Å². The van der Waals surface area contributed by atoms with Gasteiger partial charge in [0, 0.05) is 22.7 Å². The second kappa shape index (κ2) is 8.92. The zero-order chi connectivity index (χ0) is 21.0. The second-order valence-electron chi connectivity index (χ2n) is 6.35. The summed E-state index contributed by atoms with van der Waals surface area (Å²) in [5.74, 6) is 0.150. The van der Waals surface area contributed by atoms with Gasteiger partial charge in [-0.25, -0.2) is 4.79 Å². The number of benzene rings is 1. The second-order valence-corrected chi connectivity index (χ2v) is 7.36. The topological polar surface area (TPSA) is 130 Å². The number of amidine groups is 1. The van der Waals surface area contributed by atoms with E-state index in [1.165, 1.54) is 0 Å². The SMILES string of the molecule is CCOC(=O)C1=C(CSC(=N)N)NC(C)=C(C#N)C1c1cccc2c1OCCO2. The summed E-state index contributed by atoms with van der Waals surface area (Å²) in [6.07, 6.45) is 0. The predicted molar refractivity (Wildman–Crippen MR) is 110 cm³/mol. The highest BCUT2D eigenvalue weighted by Crippen LogP contribution is 2.46. The number of hydrogen-bond acceptors (Lipinski definition) is 8. The van der Waals surface area contributed by atoms with Crippen molar-refractivity contribution in [1.82, 2.24) is 5.32 Å². The summed E-state index contributed by atoms with van der Waals surface area (Å²) in [6.45, 7) is 4.51. The van der Waals surface area contributed by atoms with E-state index in [1.54, 1.807) is 19.9 Å². The summed E-state index contributed by atoms with van der Waals surface area (Å²) in [7, 11) is 0. The molecule has 1 aromatic rings. The van der Waals surface area contributed by atoms with Crippen LogP contribution in [0.25, 0.3) is 0 Å². The average molecular weight is 414 g/mol. The summed E-state index contributed by atoms with van der Waals surface area (Å²) in [6, 6.07) is 7.65. The number of esters is 1. The first kappa shape index (κ1) is 20.6. The summed E-state index contributed by atoms with van der Waals surface area (Å²) in [5, 5.41) is 20.4. The first-order valence-electron chi connectivity index (χ1n) is 9.11. The molecule has 9 heteroatoms. The summed E-state index contributed by atoms with van der Waals surface area (Å²) >= 11 is 1.09. The molecule has 152 valence electrons. The molecule has 0 aliphatic carbocycles. The van der Waals surface area contributed by atoms with E-state index < -0.39 is 11.9 Å². The van der Waals surface area contributed by atoms with Crippen molar-refractivity contribution in [3.63, 3.8) is 0 Å². The quantitative estimate of drug-likeness (QED) is 0.380. The van der Waals surface area contributed by atoms with Crippen molar-refractivity contribution in [3.05, 3.63) is 46.3 Å². The van der Waals surface area contributed by atoms with Crippen LogP contribution in [0.15, 0.2) is 40.7 Å². The molecule has 8 nitrogen and oxygen atoms in total. The molecule has 1 atom stereocenters. The van der Waals surface area contributed by atoms with Gasteiger partial charge < -0.3 is 25.3 Å². The van der Waals surface area contributed by atoms with E-state index in [0.717, 1.165) is 11.8 Å². The molecule has 2 heterocycles. The zero-order valence-corrected chi connectivity index (χ0v) is 17.0. The number of carbonyl (C=O) groups excluding carboxylic acids is 1. The average Bonchev–Trinajstić information content (AvgIpc) is 2.71. The van der Waals surface area contributed by atoms with Crippen LogP contribution in [-0.2, 0) is 9.53 Å². The van der Waals surface area contributed by atoms with Gasteiger partial charge in [0.1, 0.15) is 13.2 Å². The molecule has 1 unspecified atom stereocenters. The summed E-state index contributed by atoms with van der Waals surface area (Å²) in [5.41, 5.74) is 8.04. The number of rotatable bonds is 5. The van der Waals surface area contributed by atoms with Gasteiger partial charge in [0.2, 0.25) is 0 Å². The number of nitrogens with two attached hydrogens (primary N) is 1. The maximum atomic E-state index is 13.0. The molecule has 3 rings (SSSR count). The van der Waals surface area contributed by atoms with Gasteiger partial charge in [-0.3, -0.25) is 5.41 Å². The zero-order valence-electron chi connectivity index (χ0n) is 16.2. The Morgan fingerprint density at radius 3 is 2.90 bits per heavy atom. The summed E-state index contributed by atoms with van der Waals surface area (Å²) in [4.78, 5) is 13.0. The standard InChI is InChI=1S/C20H22N4O4S/c1-3-26-19(25)17-14(10-29-20(22)23)24-11(2)13(9-21)16(17)12-5-4-6-15-18(12)28-8-7-27-15/h4-6,16,24H,3,7-8,10H2,1-2H3,(H3,22,23). The van der Waals surface area contributed by atoms with Crippen molar-refractivity contribution in [3.8, 4) is 17.6 Å². The Hall–Kier alpha value is -3.12. The van der Waals surface area contributed by atoms with E-state index >= 15 is 0 Å². The van der Waals surface area contributed by atoms with Crippen LogP contribution in [0.4, 0.5) is 0 Å². The van der Waals surface area contributed by atoms with Crippen LogP contribution in [0, 0.1) is 16.7 Å². The largest absolute Gasteiger partial charge is 0.486 e. The molecule has 0 amide bonds. The number of hydrogen-bond donors (Lipinski definition) is 3. The monoisotopic (exact) mass is 414 g/mol. The fraction of sp³-hybridized carbons (Fsp3) is 0.350. The first-order chi connectivity index (χ1) is 14.0. The fourth-order valence-electron chi connectivity index (χ4n) is 3.39. The number of carbonyl (C=O) groups is 1. The van der Waals surface area contributed by atoms with E-state index in [1.807, 2.05) is 12.1 Å². The van der Waals surface area contributed by atoms with E-state index in [9.17, 15) is 10.1 Å². The maximum Gasteiger partial charge on any atom is 0.336 e. The highest BCUT2D eigenvalue weighted by molar-refractivity contribution is 8.13. The van der Waals surface area contributed by atoms with Crippen molar-refractivity contribution >= 4 is 22.9 Å². The van der Waals surface area contributed by atoms with E-state index in [2.05, 4.69) is 11.4 Å². The van der Waals surface area contributed by atoms with Crippen LogP contribution in [0.5, 0.6) is 11.5 Å². The molecular formula is C20H22N4O4S. The van der Waals surface area contributed by atoms with Crippen LogP contribution in [0.3, 0.4) is 0 Å². The van der Waals surface area contributed by atoms with E-state index in [-0.39, 0.29) is 17.5 Å². The van der Waals surface area contributed by atoms with Crippen LogP contribution >= 0.6 is 11.8 Å². The molecule has 1 aromatic carbocycles. The van der Waals surface area contributed by atoms with Crippen LogP contribution in [0.1, 0.15) is 25.3 Å². The maximum absolute atomic E-state index is 13.0. The van der Waals surface area contributed by atoms with Gasteiger partial charge in [-0.15, -0.1) is 0 Å². The third-order valence-corrected chi connectivity index (χ3v) is 5.28. The molecule has 0 aromatic heterocycles. The number of allylic oxidation sites excluding steroid dienone is 2. The van der Waals surface area contributed by atoms with Crippen molar-refractivity contribution in [2.75, 3.05) is 25.6 Å². The molecule has 0 spiro atoms. The molecule has 0 fully saturated rings.